The average molecular weight is 290 g/mol. The van der Waals surface area contributed by atoms with Gasteiger partial charge in [-0.05, 0) is 38.2 Å². The topological polar surface area (TPSA) is 50.5 Å². The van der Waals surface area contributed by atoms with Crippen molar-refractivity contribution < 1.29 is 0 Å². The largest absolute Gasteiger partial charge is 0.367 e. The molecule has 106 valence electrons. The predicted octanol–water partition coefficient (Wildman–Crippen LogP) is 2.00. The van der Waals surface area contributed by atoms with E-state index < -0.39 is 0 Å². The summed E-state index contributed by atoms with van der Waals surface area (Å²) in [7, 11) is 3.75. The number of fused-ring (bicyclic) bond motifs is 3. The van der Waals surface area contributed by atoms with Crippen molar-refractivity contribution in [3.63, 3.8) is 0 Å². The minimum Gasteiger partial charge on any atom is -0.367 e. The lowest BCUT2D eigenvalue weighted by Gasteiger charge is -2.10. The summed E-state index contributed by atoms with van der Waals surface area (Å²) < 4.78 is 1.41. The van der Waals surface area contributed by atoms with Crippen molar-refractivity contribution >= 4 is 27.9 Å². The highest BCUT2D eigenvalue weighted by molar-refractivity contribution is 7.18. The molecular weight excluding hydrogens is 272 g/mol. The molecule has 0 saturated carbocycles. The normalized spacial score (nSPS) is 14.9. The van der Waals surface area contributed by atoms with Gasteiger partial charge in [-0.15, -0.1) is 11.3 Å². The summed E-state index contributed by atoms with van der Waals surface area (Å²) in [5.74, 6) is 0.638. The van der Waals surface area contributed by atoms with E-state index >= 15 is 0 Å². The summed E-state index contributed by atoms with van der Waals surface area (Å²) in [4.78, 5) is 21.3. The molecular formula is C14H18N4OS. The predicted molar refractivity (Wildman–Crippen MR) is 82.8 cm³/mol. The summed E-state index contributed by atoms with van der Waals surface area (Å²) in [6, 6.07) is 0. The molecule has 2 aromatic rings. The highest BCUT2D eigenvalue weighted by Gasteiger charge is 2.20. The minimum absolute atomic E-state index is 0.0370. The smallest absolute Gasteiger partial charge is 0.283 e. The molecule has 0 bridgehead atoms. The zero-order chi connectivity index (χ0) is 14.3. The first-order chi connectivity index (χ1) is 9.58. The van der Waals surface area contributed by atoms with Gasteiger partial charge >= 0.3 is 0 Å². The molecule has 1 aliphatic rings. The molecule has 2 heterocycles. The van der Waals surface area contributed by atoms with Gasteiger partial charge in [0.15, 0.2) is 0 Å². The Hall–Kier alpha value is -1.69. The van der Waals surface area contributed by atoms with Gasteiger partial charge in [-0.3, -0.25) is 4.79 Å². The van der Waals surface area contributed by atoms with Crippen molar-refractivity contribution in [3.8, 4) is 0 Å². The Morgan fingerprint density at radius 3 is 2.85 bits per heavy atom. The van der Waals surface area contributed by atoms with E-state index in [0.29, 0.717) is 5.82 Å². The van der Waals surface area contributed by atoms with Crippen LogP contribution in [0.5, 0.6) is 0 Å². The number of thiophene rings is 1. The monoisotopic (exact) mass is 290 g/mol. The number of rotatable bonds is 2. The van der Waals surface area contributed by atoms with Crippen LogP contribution in [0.25, 0.3) is 10.2 Å². The fourth-order valence-corrected chi connectivity index (χ4v) is 3.89. The van der Waals surface area contributed by atoms with E-state index in [9.17, 15) is 4.79 Å². The van der Waals surface area contributed by atoms with E-state index in [2.05, 4.69) is 10.1 Å². The molecule has 0 saturated heterocycles. The second-order valence-corrected chi connectivity index (χ2v) is 6.45. The van der Waals surface area contributed by atoms with Crippen LogP contribution in [0.4, 0.5) is 0 Å². The van der Waals surface area contributed by atoms with Crippen LogP contribution in [-0.2, 0) is 12.8 Å². The van der Waals surface area contributed by atoms with E-state index in [1.165, 1.54) is 21.5 Å². The van der Waals surface area contributed by atoms with Crippen molar-refractivity contribution in [2.75, 3.05) is 14.1 Å². The number of hydrogen-bond acceptors (Lipinski definition) is 4. The first-order valence-electron chi connectivity index (χ1n) is 6.82. The van der Waals surface area contributed by atoms with Gasteiger partial charge in [-0.1, -0.05) is 0 Å². The summed E-state index contributed by atoms with van der Waals surface area (Å²) in [6.45, 7) is 1.83. The second-order valence-electron chi connectivity index (χ2n) is 5.36. The van der Waals surface area contributed by atoms with Crippen LogP contribution in [0.2, 0.25) is 0 Å². The molecule has 1 aliphatic carbocycles. The van der Waals surface area contributed by atoms with Crippen LogP contribution in [0.1, 0.15) is 29.1 Å². The molecule has 0 atom stereocenters. The third-order valence-electron chi connectivity index (χ3n) is 3.53. The third-order valence-corrected chi connectivity index (χ3v) is 4.71. The van der Waals surface area contributed by atoms with Crippen LogP contribution in [-0.4, -0.2) is 35.0 Å². The van der Waals surface area contributed by atoms with E-state index in [4.69, 9.17) is 0 Å². The van der Waals surface area contributed by atoms with Gasteiger partial charge in [0.1, 0.15) is 17.0 Å². The molecule has 0 fully saturated rings. The Balaban J connectivity index is 2.25. The lowest BCUT2D eigenvalue weighted by molar-refractivity contribution is 0.626. The maximum Gasteiger partial charge on any atom is 0.283 e. The van der Waals surface area contributed by atoms with Crippen LogP contribution < -0.4 is 5.56 Å². The summed E-state index contributed by atoms with van der Waals surface area (Å²) in [5.41, 5.74) is 1.17. The Morgan fingerprint density at radius 2 is 2.10 bits per heavy atom. The number of aryl methyl sites for hydroxylation is 3. The Bertz CT molecular complexity index is 742. The third kappa shape index (κ3) is 2.14. The molecule has 6 heteroatoms. The number of hydrogen-bond donors (Lipinski definition) is 0. The summed E-state index contributed by atoms with van der Waals surface area (Å²) in [6.07, 6.45) is 6.07. The van der Waals surface area contributed by atoms with Crippen LogP contribution in [0.15, 0.2) is 9.90 Å². The zero-order valence-electron chi connectivity index (χ0n) is 12.0. The van der Waals surface area contributed by atoms with E-state index in [1.807, 2.05) is 21.0 Å². The van der Waals surface area contributed by atoms with Crippen LogP contribution >= 0.6 is 11.3 Å². The average Bonchev–Trinajstić information content (AvgIpc) is 2.75. The second kappa shape index (κ2) is 5.01. The zero-order valence-corrected chi connectivity index (χ0v) is 12.8. The van der Waals surface area contributed by atoms with E-state index in [1.54, 1.807) is 22.6 Å². The van der Waals surface area contributed by atoms with Gasteiger partial charge in [-0.2, -0.15) is 9.78 Å². The van der Waals surface area contributed by atoms with Crippen molar-refractivity contribution in [1.29, 1.82) is 0 Å². The van der Waals surface area contributed by atoms with Gasteiger partial charge in [-0.25, -0.2) is 4.98 Å². The molecule has 5 nitrogen and oxygen atoms in total. The van der Waals surface area contributed by atoms with E-state index in [0.717, 1.165) is 29.5 Å². The van der Waals surface area contributed by atoms with E-state index in [-0.39, 0.29) is 5.56 Å². The molecule has 2 aromatic heterocycles. The standard InChI is InChI=1S/C14H18N4OS/c1-9-16-13-12(10-6-4-5-7-11(10)20-13)14(19)18(9)15-8-17(2)3/h8H,4-7H2,1-3H3/b15-8+. The van der Waals surface area contributed by atoms with Crippen LogP contribution in [0, 0.1) is 6.92 Å². The maximum absolute atomic E-state index is 12.7. The summed E-state index contributed by atoms with van der Waals surface area (Å²) >= 11 is 1.67. The highest BCUT2D eigenvalue weighted by atomic mass is 32.1. The number of aromatic nitrogens is 2. The molecule has 0 radical (unpaired) electrons. The van der Waals surface area contributed by atoms with Crippen molar-refractivity contribution in [2.24, 2.45) is 5.10 Å². The molecule has 0 aliphatic heterocycles. The van der Waals surface area contributed by atoms with Gasteiger partial charge < -0.3 is 4.90 Å². The minimum atomic E-state index is -0.0370. The fourth-order valence-electron chi connectivity index (χ4n) is 2.59. The Kier molecular flexibility index (Phi) is 3.33. The molecule has 0 amide bonds. The van der Waals surface area contributed by atoms with Crippen molar-refractivity contribution in [3.05, 3.63) is 26.6 Å². The SMILES string of the molecule is Cc1nc2sc3c(c2c(=O)n1/N=C/N(C)C)CCCC3. The quantitative estimate of drug-likeness (QED) is 0.628. The van der Waals surface area contributed by atoms with Gasteiger partial charge in [0.2, 0.25) is 0 Å². The Morgan fingerprint density at radius 1 is 1.35 bits per heavy atom. The molecule has 0 unspecified atom stereocenters. The Labute approximate surface area is 121 Å². The lowest BCUT2D eigenvalue weighted by Crippen LogP contribution is -2.22. The highest BCUT2D eigenvalue weighted by Crippen LogP contribution is 2.33. The molecule has 0 aromatic carbocycles. The lowest BCUT2D eigenvalue weighted by atomic mass is 9.97. The first-order valence-corrected chi connectivity index (χ1v) is 7.64. The number of nitrogens with zero attached hydrogens (tertiary/aromatic N) is 4. The van der Waals surface area contributed by atoms with Crippen molar-refractivity contribution in [2.45, 2.75) is 32.6 Å². The molecule has 0 N–H and O–H groups in total. The van der Waals surface area contributed by atoms with Crippen LogP contribution in [0.3, 0.4) is 0 Å². The molecule has 3 rings (SSSR count). The van der Waals surface area contributed by atoms with Gasteiger partial charge in [0.05, 0.1) is 5.39 Å². The summed E-state index contributed by atoms with van der Waals surface area (Å²) in [5, 5.41) is 5.01. The maximum atomic E-state index is 12.7. The van der Waals surface area contributed by atoms with Crippen molar-refractivity contribution in [1.82, 2.24) is 14.6 Å². The molecule has 20 heavy (non-hydrogen) atoms. The van der Waals surface area contributed by atoms with Gasteiger partial charge in [0, 0.05) is 19.0 Å². The van der Waals surface area contributed by atoms with Gasteiger partial charge in [0.25, 0.3) is 5.56 Å². The first kappa shape index (κ1) is 13.3. The fraction of sp³-hybridized carbons (Fsp3) is 0.500. The molecule has 0 spiro atoms.